The Balaban J connectivity index is 1.59. The molecular weight excluding hydrogens is 567 g/mol. The number of halogens is 4. The molecule has 0 saturated heterocycles. The number of methoxy groups -OCH3 is 1. The number of terminal acetylenes is 1. The van der Waals surface area contributed by atoms with Crippen LogP contribution in [0.4, 0.5) is 24.5 Å². The van der Waals surface area contributed by atoms with E-state index in [4.69, 9.17) is 22.8 Å². The summed E-state index contributed by atoms with van der Waals surface area (Å²) in [6.45, 7) is 8.79. The lowest BCUT2D eigenvalue weighted by molar-refractivity contribution is -0.195. The number of nitrogens with one attached hydrogen (secondary N) is 4. The highest BCUT2D eigenvalue weighted by Gasteiger charge is 2.67. The number of rotatable bonds is 8. The van der Waals surface area contributed by atoms with Gasteiger partial charge in [-0.3, -0.25) is 9.99 Å². The topological polar surface area (TPSA) is 86.4 Å². The zero-order valence-corrected chi connectivity index (χ0v) is 24.8. The highest BCUT2D eigenvalue weighted by atomic mass is 35.5. The SMILES string of the molecule is C#Cc1cnc2c(Cl)cc(N[C@H](C3=CN(C4(C(F)(F)F)CC4)NN3)c3ccc(OC)nc3C)cc2c1NCC(C)(C)C. The number of anilines is 2. The van der Waals surface area contributed by atoms with Crippen LogP contribution >= 0.6 is 11.6 Å². The Hall–Kier alpha value is -3.88. The number of ether oxygens (including phenoxy) is 1. The van der Waals surface area contributed by atoms with E-state index >= 15 is 0 Å². The van der Waals surface area contributed by atoms with Crippen LogP contribution in [0.1, 0.15) is 56.5 Å². The highest BCUT2D eigenvalue weighted by Crippen LogP contribution is 2.53. The molecule has 12 heteroatoms. The number of nitrogens with zero attached hydrogens (tertiary/aromatic N) is 3. The van der Waals surface area contributed by atoms with E-state index in [1.165, 1.54) is 13.3 Å². The van der Waals surface area contributed by atoms with Gasteiger partial charge in [0.2, 0.25) is 5.88 Å². The second-order valence-electron chi connectivity index (χ2n) is 11.8. The van der Waals surface area contributed by atoms with Crippen molar-refractivity contribution in [1.82, 2.24) is 25.9 Å². The fourth-order valence-electron chi connectivity index (χ4n) is 4.94. The molecule has 1 fully saturated rings. The van der Waals surface area contributed by atoms with Crippen LogP contribution in [0.3, 0.4) is 0 Å². The molecule has 8 nitrogen and oxygen atoms in total. The number of pyridine rings is 2. The minimum Gasteiger partial charge on any atom is -0.481 e. The van der Waals surface area contributed by atoms with Crippen molar-refractivity contribution in [2.45, 2.75) is 58.3 Å². The number of hydrogen-bond donors (Lipinski definition) is 4. The summed E-state index contributed by atoms with van der Waals surface area (Å²) in [5.74, 6) is 3.12. The molecule has 0 radical (unpaired) electrons. The van der Waals surface area contributed by atoms with Crippen LogP contribution in [-0.4, -0.2) is 40.3 Å². The van der Waals surface area contributed by atoms with Gasteiger partial charge in [-0.05, 0) is 43.4 Å². The third-order valence-corrected chi connectivity index (χ3v) is 7.71. The summed E-state index contributed by atoms with van der Waals surface area (Å²) in [4.78, 5) is 9.00. The molecule has 1 aliphatic carbocycles. The minimum atomic E-state index is -4.39. The van der Waals surface area contributed by atoms with E-state index in [0.717, 1.165) is 21.6 Å². The lowest BCUT2D eigenvalue weighted by atomic mass is 9.96. The maximum Gasteiger partial charge on any atom is 0.413 e. The predicted octanol–water partition coefficient (Wildman–Crippen LogP) is 6.45. The number of benzene rings is 1. The lowest BCUT2D eigenvalue weighted by Gasteiger charge is -2.28. The van der Waals surface area contributed by atoms with Gasteiger partial charge in [0, 0.05) is 47.3 Å². The summed E-state index contributed by atoms with van der Waals surface area (Å²) in [5, 5.41) is 9.15. The molecule has 5 rings (SSSR count). The van der Waals surface area contributed by atoms with Crippen LogP contribution in [0.25, 0.3) is 10.9 Å². The van der Waals surface area contributed by atoms with Gasteiger partial charge in [-0.15, -0.1) is 12.0 Å². The summed E-state index contributed by atoms with van der Waals surface area (Å²) >= 11 is 6.73. The van der Waals surface area contributed by atoms with Crippen LogP contribution in [0.2, 0.25) is 5.02 Å². The average Bonchev–Trinajstić information content (AvgIpc) is 3.61. The monoisotopic (exact) mass is 599 g/mol. The first-order valence-corrected chi connectivity index (χ1v) is 13.8. The molecule has 0 unspecified atom stereocenters. The molecule has 1 saturated carbocycles. The first kappa shape index (κ1) is 29.6. The molecule has 2 aliphatic rings. The van der Waals surface area contributed by atoms with Crippen molar-refractivity contribution in [1.29, 1.82) is 0 Å². The second-order valence-corrected chi connectivity index (χ2v) is 12.2. The molecule has 4 N–H and O–H groups in total. The average molecular weight is 600 g/mol. The van der Waals surface area contributed by atoms with Crippen LogP contribution < -0.4 is 26.3 Å². The number of alkyl halides is 3. The predicted molar refractivity (Wildman–Crippen MR) is 159 cm³/mol. The zero-order chi connectivity index (χ0) is 30.4. The van der Waals surface area contributed by atoms with Crippen molar-refractivity contribution >= 4 is 33.9 Å². The zero-order valence-electron chi connectivity index (χ0n) is 24.0. The molecule has 0 amide bonds. The van der Waals surface area contributed by atoms with Crippen LogP contribution in [0.5, 0.6) is 5.88 Å². The van der Waals surface area contributed by atoms with Crippen LogP contribution in [0, 0.1) is 24.7 Å². The summed E-state index contributed by atoms with van der Waals surface area (Å²) in [7, 11) is 1.52. The second kappa shape index (κ2) is 10.7. The molecule has 3 heterocycles. The standard InChI is InChI=1S/C30H33ClF3N7O/c1-7-18-14-35-26-21(25(18)36-16-28(3,4)5)12-19(13-22(26)31)38-27(20-8-9-24(42-6)37-17(20)2)23-15-41(40-39-23)29(10-11-29)30(32,33)34/h1,8-9,12-15,27,38-40H,10-11,16H2,2-6H3,(H,35,36)/t27-/m0/s1. The van der Waals surface area contributed by atoms with E-state index < -0.39 is 17.8 Å². The molecule has 2 aromatic heterocycles. The maximum absolute atomic E-state index is 13.9. The van der Waals surface area contributed by atoms with Gasteiger partial charge < -0.3 is 20.8 Å². The molecular formula is C30H33ClF3N7O. The first-order valence-electron chi connectivity index (χ1n) is 13.5. The van der Waals surface area contributed by atoms with Crippen LogP contribution in [-0.2, 0) is 0 Å². The molecule has 1 aromatic carbocycles. The van der Waals surface area contributed by atoms with E-state index in [2.05, 4.69) is 58.3 Å². The van der Waals surface area contributed by atoms with Gasteiger partial charge in [0.1, 0.15) is 0 Å². The van der Waals surface area contributed by atoms with Gasteiger partial charge in [-0.25, -0.2) is 4.98 Å². The maximum atomic E-state index is 13.9. The fourth-order valence-corrected chi connectivity index (χ4v) is 5.21. The number of aryl methyl sites for hydroxylation is 1. The molecule has 1 atom stereocenters. The normalized spacial score (nSPS) is 16.9. The summed E-state index contributed by atoms with van der Waals surface area (Å²) in [6.07, 6.45) is 4.51. The largest absolute Gasteiger partial charge is 0.481 e. The van der Waals surface area contributed by atoms with E-state index in [0.29, 0.717) is 45.6 Å². The minimum absolute atomic E-state index is 0.00527. The summed E-state index contributed by atoms with van der Waals surface area (Å²) in [6, 6.07) is 6.53. The summed E-state index contributed by atoms with van der Waals surface area (Å²) < 4.78 is 47.0. The quantitative estimate of drug-likeness (QED) is 0.220. The van der Waals surface area contributed by atoms with E-state index in [1.807, 2.05) is 19.1 Å². The Morgan fingerprint density at radius 3 is 2.57 bits per heavy atom. The Morgan fingerprint density at radius 1 is 1.24 bits per heavy atom. The lowest BCUT2D eigenvalue weighted by Crippen LogP contribution is -2.52. The smallest absolute Gasteiger partial charge is 0.413 e. The van der Waals surface area contributed by atoms with E-state index in [-0.39, 0.29) is 18.3 Å². The molecule has 0 bridgehead atoms. The molecule has 222 valence electrons. The van der Waals surface area contributed by atoms with Gasteiger partial charge in [0.25, 0.3) is 0 Å². The third-order valence-electron chi connectivity index (χ3n) is 7.42. The van der Waals surface area contributed by atoms with Crippen molar-refractivity contribution in [2.75, 3.05) is 24.3 Å². The van der Waals surface area contributed by atoms with Crippen molar-refractivity contribution in [3.8, 4) is 18.2 Å². The highest BCUT2D eigenvalue weighted by molar-refractivity contribution is 6.35. The van der Waals surface area contributed by atoms with Gasteiger partial charge in [0.15, 0.2) is 5.54 Å². The van der Waals surface area contributed by atoms with Crippen molar-refractivity contribution in [2.24, 2.45) is 5.41 Å². The van der Waals surface area contributed by atoms with E-state index in [9.17, 15) is 13.2 Å². The Labute approximate surface area is 248 Å². The third kappa shape index (κ3) is 5.61. The van der Waals surface area contributed by atoms with Crippen molar-refractivity contribution in [3.63, 3.8) is 0 Å². The van der Waals surface area contributed by atoms with Crippen molar-refractivity contribution < 1.29 is 17.9 Å². The van der Waals surface area contributed by atoms with Gasteiger partial charge in [0.05, 0.1) is 40.6 Å². The van der Waals surface area contributed by atoms with Gasteiger partial charge in [-0.2, -0.15) is 13.2 Å². The Morgan fingerprint density at radius 2 is 1.98 bits per heavy atom. The fraction of sp³-hybridized carbons (Fsp3) is 0.400. The number of hydrazine groups is 2. The van der Waals surface area contributed by atoms with Gasteiger partial charge >= 0.3 is 6.18 Å². The number of aromatic nitrogens is 2. The molecule has 0 spiro atoms. The van der Waals surface area contributed by atoms with Crippen molar-refractivity contribution in [3.05, 3.63) is 64.2 Å². The first-order chi connectivity index (χ1) is 19.8. The molecule has 1 aliphatic heterocycles. The Kier molecular flexibility index (Phi) is 7.58. The summed E-state index contributed by atoms with van der Waals surface area (Å²) in [5.41, 5.74) is 8.03. The molecule has 42 heavy (non-hydrogen) atoms. The van der Waals surface area contributed by atoms with Gasteiger partial charge in [-0.1, -0.05) is 38.3 Å². The van der Waals surface area contributed by atoms with E-state index in [1.54, 1.807) is 18.3 Å². The number of fused-ring (bicyclic) bond motifs is 1. The number of hydrogen-bond acceptors (Lipinski definition) is 8. The Bertz CT molecular complexity index is 1590. The van der Waals surface area contributed by atoms with Crippen LogP contribution in [0.15, 0.2) is 42.4 Å². The molecule has 3 aromatic rings.